The third kappa shape index (κ3) is 5.55. The van der Waals surface area contributed by atoms with E-state index in [4.69, 9.17) is 10.5 Å². The van der Waals surface area contributed by atoms with E-state index in [9.17, 15) is 9.59 Å². The van der Waals surface area contributed by atoms with Gasteiger partial charge in [0.25, 0.3) is 0 Å². The molecule has 3 atom stereocenters. The predicted molar refractivity (Wildman–Crippen MR) is 125 cm³/mol. The van der Waals surface area contributed by atoms with Crippen molar-refractivity contribution in [3.05, 3.63) is 29.8 Å². The first-order valence-electron chi connectivity index (χ1n) is 12.2. The fourth-order valence-corrected chi connectivity index (χ4v) is 5.83. The highest BCUT2D eigenvalue weighted by Gasteiger charge is 2.41. The minimum Gasteiger partial charge on any atom is -0.490 e. The Labute approximate surface area is 191 Å². The van der Waals surface area contributed by atoms with Crippen LogP contribution in [0.25, 0.3) is 0 Å². The summed E-state index contributed by atoms with van der Waals surface area (Å²) in [5.41, 5.74) is 5.90. The number of nitrogens with one attached hydrogen (secondary N) is 1. The summed E-state index contributed by atoms with van der Waals surface area (Å²) in [5, 5.41) is 3.14. The number of rotatable bonds is 7. The molecule has 1 aliphatic carbocycles. The van der Waals surface area contributed by atoms with Crippen molar-refractivity contribution in [2.45, 2.75) is 82.0 Å². The number of ether oxygens (including phenoxy) is 1. The van der Waals surface area contributed by atoms with Gasteiger partial charge >= 0.3 is 6.03 Å². The molecule has 0 radical (unpaired) electrons. The highest BCUT2D eigenvalue weighted by Crippen LogP contribution is 2.38. The summed E-state index contributed by atoms with van der Waals surface area (Å²) in [4.78, 5) is 27.7. The van der Waals surface area contributed by atoms with Crippen molar-refractivity contribution in [3.63, 3.8) is 0 Å². The molecule has 3 amide bonds. The Morgan fingerprint density at radius 2 is 1.78 bits per heavy atom. The monoisotopic (exact) mass is 442 g/mol. The molecule has 176 valence electrons. The average Bonchev–Trinajstić information content (AvgIpc) is 3.01. The number of carbonyl (C=O) groups excluding carboxylic acids is 2. The van der Waals surface area contributed by atoms with Crippen LogP contribution in [0, 0.1) is 5.92 Å². The summed E-state index contributed by atoms with van der Waals surface area (Å²) >= 11 is 0. The van der Waals surface area contributed by atoms with Gasteiger partial charge in [-0.3, -0.25) is 9.69 Å². The van der Waals surface area contributed by atoms with Crippen molar-refractivity contribution in [2.75, 3.05) is 20.6 Å². The van der Waals surface area contributed by atoms with E-state index in [2.05, 4.69) is 10.2 Å². The van der Waals surface area contributed by atoms with Crippen LogP contribution in [0.2, 0.25) is 0 Å². The lowest BCUT2D eigenvalue weighted by atomic mass is 9.83. The Hall–Kier alpha value is -2.28. The van der Waals surface area contributed by atoms with Crippen LogP contribution in [-0.4, -0.2) is 66.6 Å². The molecule has 3 N–H and O–H groups in total. The maximum atomic E-state index is 11.9. The number of nitrogens with zero attached hydrogens (tertiary/aromatic N) is 2. The van der Waals surface area contributed by atoms with E-state index < -0.39 is 5.91 Å². The van der Waals surface area contributed by atoms with E-state index in [1.807, 2.05) is 12.1 Å². The Bertz CT molecular complexity index is 792. The lowest BCUT2D eigenvalue weighted by molar-refractivity contribution is 0.0444. The molecule has 1 aromatic rings. The van der Waals surface area contributed by atoms with Crippen LogP contribution >= 0.6 is 0 Å². The zero-order chi connectivity index (χ0) is 22.7. The SMILES string of the molecule is CN(C)C(=O)NC1CCC(CCN2[C@@H]3CC[C@H]2CC(Oc2cccc(C(N)=O)c2)C3)CC1. The van der Waals surface area contributed by atoms with Gasteiger partial charge in [-0.25, -0.2) is 4.79 Å². The Balaban J connectivity index is 1.22. The van der Waals surface area contributed by atoms with E-state index in [0.29, 0.717) is 23.7 Å². The molecule has 0 spiro atoms. The number of amides is 3. The fourth-order valence-electron chi connectivity index (χ4n) is 5.83. The summed E-state index contributed by atoms with van der Waals surface area (Å²) in [7, 11) is 3.59. The molecule has 3 aliphatic rings. The number of urea groups is 1. The van der Waals surface area contributed by atoms with Gasteiger partial charge in [0.1, 0.15) is 11.9 Å². The molecule has 2 bridgehead atoms. The number of fused-ring (bicyclic) bond motifs is 2. The number of hydrogen-bond acceptors (Lipinski definition) is 4. The van der Waals surface area contributed by atoms with E-state index in [-0.39, 0.29) is 12.1 Å². The van der Waals surface area contributed by atoms with Gasteiger partial charge in [-0.2, -0.15) is 0 Å². The fraction of sp³-hybridized carbons (Fsp3) is 0.680. The van der Waals surface area contributed by atoms with Crippen LogP contribution in [0.4, 0.5) is 4.79 Å². The first-order chi connectivity index (χ1) is 15.4. The van der Waals surface area contributed by atoms with Gasteiger partial charge in [-0.05, 0) is 88.4 Å². The second-order valence-electron chi connectivity index (χ2n) is 10.1. The van der Waals surface area contributed by atoms with E-state index in [1.54, 1.807) is 31.1 Å². The topological polar surface area (TPSA) is 87.9 Å². The molecule has 1 unspecified atom stereocenters. The van der Waals surface area contributed by atoms with Crippen molar-refractivity contribution in [1.29, 1.82) is 0 Å². The molecule has 32 heavy (non-hydrogen) atoms. The highest BCUT2D eigenvalue weighted by atomic mass is 16.5. The molecule has 2 saturated heterocycles. The van der Waals surface area contributed by atoms with Crippen molar-refractivity contribution in [1.82, 2.24) is 15.1 Å². The number of benzene rings is 1. The van der Waals surface area contributed by atoms with Gasteiger partial charge in [-0.15, -0.1) is 0 Å². The van der Waals surface area contributed by atoms with E-state index in [1.165, 1.54) is 38.6 Å². The van der Waals surface area contributed by atoms with Gasteiger partial charge in [0.15, 0.2) is 0 Å². The minimum atomic E-state index is -0.417. The smallest absolute Gasteiger partial charge is 0.317 e. The molecule has 4 rings (SSSR count). The number of piperidine rings is 1. The third-order valence-corrected chi connectivity index (χ3v) is 7.64. The largest absolute Gasteiger partial charge is 0.490 e. The first kappa shape index (κ1) is 22.9. The molecular formula is C25H38N4O3. The lowest BCUT2D eigenvalue weighted by Gasteiger charge is -2.40. The number of nitrogens with two attached hydrogens (primary N) is 1. The third-order valence-electron chi connectivity index (χ3n) is 7.64. The Kier molecular flexibility index (Phi) is 7.23. The molecule has 2 heterocycles. The van der Waals surface area contributed by atoms with Gasteiger partial charge in [0.05, 0.1) is 0 Å². The Morgan fingerprint density at radius 3 is 2.41 bits per heavy atom. The zero-order valence-corrected chi connectivity index (χ0v) is 19.5. The normalized spacial score (nSPS) is 30.0. The van der Waals surface area contributed by atoms with Crippen molar-refractivity contribution < 1.29 is 14.3 Å². The highest BCUT2D eigenvalue weighted by molar-refractivity contribution is 5.93. The van der Waals surface area contributed by atoms with E-state index in [0.717, 1.165) is 37.4 Å². The number of carbonyl (C=O) groups is 2. The maximum Gasteiger partial charge on any atom is 0.317 e. The van der Waals surface area contributed by atoms with Crippen LogP contribution in [0.1, 0.15) is 68.1 Å². The quantitative estimate of drug-likeness (QED) is 0.678. The molecule has 0 aromatic heterocycles. The van der Waals surface area contributed by atoms with Crippen molar-refractivity contribution in [2.24, 2.45) is 11.7 Å². The second-order valence-corrected chi connectivity index (χ2v) is 10.1. The lowest BCUT2D eigenvalue weighted by Crippen LogP contribution is -2.47. The summed E-state index contributed by atoms with van der Waals surface area (Å²) in [6.07, 6.45) is 10.7. The van der Waals surface area contributed by atoms with Crippen LogP contribution < -0.4 is 15.8 Å². The predicted octanol–water partition coefficient (Wildman–Crippen LogP) is 3.38. The number of hydrogen-bond donors (Lipinski definition) is 2. The number of primary amides is 1. The molecule has 7 nitrogen and oxygen atoms in total. The van der Waals surface area contributed by atoms with Crippen LogP contribution in [0.5, 0.6) is 5.75 Å². The minimum absolute atomic E-state index is 0.0245. The van der Waals surface area contributed by atoms with E-state index >= 15 is 0 Å². The second kappa shape index (κ2) is 10.1. The van der Waals surface area contributed by atoms with Gasteiger partial charge in [-0.1, -0.05) is 6.07 Å². The van der Waals surface area contributed by atoms with Gasteiger partial charge < -0.3 is 20.7 Å². The van der Waals surface area contributed by atoms with Crippen LogP contribution in [0.15, 0.2) is 24.3 Å². The molecule has 3 fully saturated rings. The molecule has 1 saturated carbocycles. The van der Waals surface area contributed by atoms with Crippen molar-refractivity contribution >= 4 is 11.9 Å². The summed E-state index contributed by atoms with van der Waals surface area (Å²) < 4.78 is 6.26. The van der Waals surface area contributed by atoms with Crippen LogP contribution in [-0.2, 0) is 0 Å². The first-order valence-corrected chi connectivity index (χ1v) is 12.2. The summed E-state index contributed by atoms with van der Waals surface area (Å²) in [6.45, 7) is 1.18. The van der Waals surface area contributed by atoms with Crippen LogP contribution in [0.3, 0.4) is 0 Å². The van der Waals surface area contributed by atoms with Crippen molar-refractivity contribution in [3.8, 4) is 5.75 Å². The standard InChI is InChI=1S/C25H38N4O3/c1-28(2)25(31)27-19-8-6-17(7-9-19)12-13-29-20-10-11-21(29)16-23(15-20)32-22-5-3-4-18(14-22)24(26)30/h3-5,14,17,19-21,23H,6-13,15-16H2,1-2H3,(H2,26,30)(H,27,31)/t17?,19?,20-,21+,23?. The summed E-state index contributed by atoms with van der Waals surface area (Å²) in [6, 6.07) is 8.80. The molecule has 2 aliphatic heterocycles. The average molecular weight is 443 g/mol. The molecular weight excluding hydrogens is 404 g/mol. The molecule has 7 heteroatoms. The Morgan fingerprint density at radius 1 is 1.09 bits per heavy atom. The van der Waals surface area contributed by atoms with Gasteiger partial charge in [0, 0.05) is 37.8 Å². The summed E-state index contributed by atoms with van der Waals surface area (Å²) in [5.74, 6) is 1.10. The van der Waals surface area contributed by atoms with Gasteiger partial charge in [0.2, 0.25) is 5.91 Å². The molecule has 1 aromatic carbocycles. The zero-order valence-electron chi connectivity index (χ0n) is 19.5. The maximum absolute atomic E-state index is 11.9.